The fraction of sp³-hybridized carbons (Fsp3) is 0.385. The van der Waals surface area contributed by atoms with Gasteiger partial charge in [0.25, 0.3) is 0 Å². The third-order valence-corrected chi connectivity index (χ3v) is 3.34. The zero-order valence-corrected chi connectivity index (χ0v) is 10.4. The van der Waals surface area contributed by atoms with Crippen LogP contribution in [0.5, 0.6) is 0 Å². The molecular formula is C13H14FN5. The van der Waals surface area contributed by atoms with Crippen molar-refractivity contribution in [2.75, 3.05) is 18.0 Å². The van der Waals surface area contributed by atoms with E-state index in [1.54, 1.807) is 12.4 Å². The number of hydrogen-bond donors (Lipinski definition) is 0. The molecule has 1 aliphatic rings. The van der Waals surface area contributed by atoms with Gasteiger partial charge in [0, 0.05) is 31.4 Å². The minimum atomic E-state index is -0.406. The summed E-state index contributed by atoms with van der Waals surface area (Å²) in [4.78, 5) is 18.7. The van der Waals surface area contributed by atoms with E-state index < -0.39 is 5.82 Å². The summed E-state index contributed by atoms with van der Waals surface area (Å²) in [6, 6.07) is 1.82. The predicted octanol–water partition coefficient (Wildman–Crippen LogP) is 1.79. The molecule has 0 spiro atoms. The first-order valence-electron chi connectivity index (χ1n) is 6.32. The lowest BCUT2D eigenvalue weighted by Gasteiger charge is -2.31. The molecule has 1 saturated heterocycles. The second-order valence-corrected chi connectivity index (χ2v) is 4.57. The number of hydrogen-bond acceptors (Lipinski definition) is 5. The third-order valence-electron chi connectivity index (χ3n) is 3.34. The Labute approximate surface area is 110 Å². The fourth-order valence-corrected chi connectivity index (χ4v) is 2.33. The second kappa shape index (κ2) is 5.26. The van der Waals surface area contributed by atoms with Crippen LogP contribution >= 0.6 is 0 Å². The number of halogens is 1. The molecule has 2 aromatic rings. The van der Waals surface area contributed by atoms with Gasteiger partial charge in [-0.3, -0.25) is 0 Å². The Morgan fingerprint density at radius 2 is 1.63 bits per heavy atom. The van der Waals surface area contributed by atoms with Gasteiger partial charge in [-0.25, -0.2) is 24.3 Å². The largest absolute Gasteiger partial charge is 0.341 e. The molecule has 0 aromatic carbocycles. The van der Waals surface area contributed by atoms with Crippen LogP contribution in [0.15, 0.2) is 30.9 Å². The Morgan fingerprint density at radius 1 is 1.00 bits per heavy atom. The van der Waals surface area contributed by atoms with E-state index in [1.807, 2.05) is 6.07 Å². The highest BCUT2D eigenvalue weighted by molar-refractivity contribution is 5.29. The van der Waals surface area contributed by atoms with E-state index in [0.717, 1.165) is 31.8 Å². The maximum Gasteiger partial charge on any atom is 0.225 e. The quantitative estimate of drug-likeness (QED) is 0.823. The molecule has 0 aliphatic carbocycles. The van der Waals surface area contributed by atoms with Gasteiger partial charge in [-0.2, -0.15) is 0 Å². The topological polar surface area (TPSA) is 54.8 Å². The van der Waals surface area contributed by atoms with Crippen LogP contribution in [0.1, 0.15) is 24.6 Å². The summed E-state index contributed by atoms with van der Waals surface area (Å²) < 4.78 is 12.8. The molecule has 0 amide bonds. The summed E-state index contributed by atoms with van der Waals surface area (Å²) in [5.41, 5.74) is 0. The maximum absolute atomic E-state index is 12.8. The van der Waals surface area contributed by atoms with E-state index in [-0.39, 0.29) is 0 Å². The molecule has 0 N–H and O–H groups in total. The van der Waals surface area contributed by atoms with Crippen molar-refractivity contribution in [3.05, 3.63) is 42.5 Å². The molecule has 3 rings (SSSR count). The normalized spacial score (nSPS) is 16.6. The van der Waals surface area contributed by atoms with E-state index in [2.05, 4.69) is 24.8 Å². The van der Waals surface area contributed by atoms with Crippen LogP contribution in [0, 0.1) is 5.82 Å². The zero-order chi connectivity index (χ0) is 13.1. The van der Waals surface area contributed by atoms with Crippen LogP contribution in [-0.4, -0.2) is 33.0 Å². The van der Waals surface area contributed by atoms with E-state index in [1.165, 1.54) is 12.4 Å². The molecule has 98 valence electrons. The highest BCUT2D eigenvalue weighted by Crippen LogP contribution is 2.26. The molecular weight excluding hydrogens is 245 g/mol. The standard InChI is InChI=1S/C13H14FN5/c14-11-8-17-13(18-9-11)19-6-2-10(3-7-19)12-15-4-1-5-16-12/h1,4-5,8-10H,2-3,6-7H2. The van der Waals surface area contributed by atoms with Crippen molar-refractivity contribution in [2.24, 2.45) is 0 Å². The van der Waals surface area contributed by atoms with Crippen LogP contribution < -0.4 is 4.90 Å². The number of rotatable bonds is 2. The second-order valence-electron chi connectivity index (χ2n) is 4.57. The van der Waals surface area contributed by atoms with Gasteiger partial charge in [-0.15, -0.1) is 0 Å². The summed E-state index contributed by atoms with van der Waals surface area (Å²) in [7, 11) is 0. The molecule has 2 aromatic heterocycles. The molecule has 6 heteroatoms. The highest BCUT2D eigenvalue weighted by atomic mass is 19.1. The Kier molecular flexibility index (Phi) is 3.31. The molecule has 0 unspecified atom stereocenters. The monoisotopic (exact) mass is 259 g/mol. The Morgan fingerprint density at radius 3 is 2.26 bits per heavy atom. The molecule has 0 radical (unpaired) electrons. The molecule has 5 nitrogen and oxygen atoms in total. The van der Waals surface area contributed by atoms with Crippen molar-refractivity contribution in [1.29, 1.82) is 0 Å². The number of nitrogens with zero attached hydrogens (tertiary/aromatic N) is 5. The van der Waals surface area contributed by atoms with E-state index in [4.69, 9.17) is 0 Å². The summed E-state index contributed by atoms with van der Waals surface area (Å²) in [6.07, 6.45) is 7.88. The van der Waals surface area contributed by atoms with Gasteiger partial charge < -0.3 is 4.90 Å². The van der Waals surface area contributed by atoms with Gasteiger partial charge in [-0.05, 0) is 18.9 Å². The Bertz CT molecular complexity index is 522. The van der Waals surface area contributed by atoms with E-state index in [0.29, 0.717) is 11.9 Å². The molecule has 19 heavy (non-hydrogen) atoms. The molecule has 0 saturated carbocycles. The number of piperidine rings is 1. The van der Waals surface area contributed by atoms with Crippen LogP contribution in [0.4, 0.5) is 10.3 Å². The van der Waals surface area contributed by atoms with Crippen LogP contribution in [0.2, 0.25) is 0 Å². The Hall–Kier alpha value is -2.11. The van der Waals surface area contributed by atoms with Crippen molar-refractivity contribution in [3.63, 3.8) is 0 Å². The van der Waals surface area contributed by atoms with Crippen molar-refractivity contribution in [3.8, 4) is 0 Å². The first-order valence-corrected chi connectivity index (χ1v) is 6.32. The molecule has 3 heterocycles. The lowest BCUT2D eigenvalue weighted by Crippen LogP contribution is -2.34. The molecule has 1 fully saturated rings. The van der Waals surface area contributed by atoms with E-state index >= 15 is 0 Å². The highest BCUT2D eigenvalue weighted by Gasteiger charge is 2.23. The maximum atomic E-state index is 12.8. The predicted molar refractivity (Wildman–Crippen MR) is 68.2 cm³/mol. The van der Waals surface area contributed by atoms with Crippen molar-refractivity contribution in [2.45, 2.75) is 18.8 Å². The summed E-state index contributed by atoms with van der Waals surface area (Å²) >= 11 is 0. The van der Waals surface area contributed by atoms with Crippen molar-refractivity contribution in [1.82, 2.24) is 19.9 Å². The molecule has 1 aliphatic heterocycles. The van der Waals surface area contributed by atoms with Crippen molar-refractivity contribution >= 4 is 5.95 Å². The number of aromatic nitrogens is 4. The third kappa shape index (κ3) is 2.67. The van der Waals surface area contributed by atoms with Gasteiger partial charge in [0.1, 0.15) is 5.82 Å². The lowest BCUT2D eigenvalue weighted by molar-refractivity contribution is 0.479. The minimum Gasteiger partial charge on any atom is -0.341 e. The van der Waals surface area contributed by atoms with Gasteiger partial charge >= 0.3 is 0 Å². The molecule has 0 bridgehead atoms. The van der Waals surface area contributed by atoms with Crippen LogP contribution in [-0.2, 0) is 0 Å². The van der Waals surface area contributed by atoms with E-state index in [9.17, 15) is 4.39 Å². The van der Waals surface area contributed by atoms with Crippen LogP contribution in [0.3, 0.4) is 0 Å². The number of anilines is 1. The minimum absolute atomic E-state index is 0.387. The fourth-order valence-electron chi connectivity index (χ4n) is 2.33. The van der Waals surface area contributed by atoms with Gasteiger partial charge in [-0.1, -0.05) is 0 Å². The summed E-state index contributed by atoms with van der Waals surface area (Å²) in [5.74, 6) is 1.48. The van der Waals surface area contributed by atoms with Crippen LogP contribution in [0.25, 0.3) is 0 Å². The summed E-state index contributed by atoms with van der Waals surface area (Å²) in [6.45, 7) is 1.68. The van der Waals surface area contributed by atoms with Gasteiger partial charge in [0.2, 0.25) is 5.95 Å². The SMILES string of the molecule is Fc1cnc(N2CCC(c3ncccn3)CC2)nc1. The first-order chi connectivity index (χ1) is 9.33. The van der Waals surface area contributed by atoms with Gasteiger partial charge in [0.15, 0.2) is 5.82 Å². The van der Waals surface area contributed by atoms with Crippen molar-refractivity contribution < 1.29 is 4.39 Å². The average Bonchev–Trinajstić information content (AvgIpc) is 2.49. The van der Waals surface area contributed by atoms with Gasteiger partial charge in [0.05, 0.1) is 12.4 Å². The smallest absolute Gasteiger partial charge is 0.225 e. The summed E-state index contributed by atoms with van der Waals surface area (Å²) in [5, 5.41) is 0. The zero-order valence-electron chi connectivity index (χ0n) is 10.4. The molecule has 0 atom stereocenters. The average molecular weight is 259 g/mol. The first kappa shape index (κ1) is 12.0. The lowest BCUT2D eigenvalue weighted by atomic mass is 9.96. The Balaban J connectivity index is 1.65.